The maximum absolute atomic E-state index is 12.7. The van der Waals surface area contributed by atoms with Gasteiger partial charge in [0.05, 0.1) is 11.7 Å². The summed E-state index contributed by atoms with van der Waals surface area (Å²) in [5.41, 5.74) is 1.38. The molecule has 2 rings (SSSR count). The van der Waals surface area contributed by atoms with Crippen LogP contribution in [-0.4, -0.2) is 22.9 Å². The Kier molecular flexibility index (Phi) is 5.21. The summed E-state index contributed by atoms with van der Waals surface area (Å²) in [7, 11) is 0. The van der Waals surface area contributed by atoms with Gasteiger partial charge < -0.3 is 9.84 Å². The molecule has 0 fully saturated rings. The number of Topliss-reactive ketones (excluding diaryl/α,β-unsaturated/α-hetero) is 1. The topological polar surface area (TPSA) is 72.2 Å². The molecule has 2 aromatic rings. The predicted molar refractivity (Wildman–Crippen MR) is 87.9 cm³/mol. The second-order valence-corrected chi connectivity index (χ2v) is 6.20. The van der Waals surface area contributed by atoms with Gasteiger partial charge in [-0.15, -0.1) is 0 Å². The molecule has 122 valence electrons. The third kappa shape index (κ3) is 3.79. The quantitative estimate of drug-likeness (QED) is 0.848. The number of nitrogens with zero attached hydrogens (tertiary/aromatic N) is 1. The van der Waals surface area contributed by atoms with Crippen molar-refractivity contribution in [2.24, 2.45) is 5.92 Å². The van der Waals surface area contributed by atoms with Crippen molar-refractivity contribution in [3.8, 4) is 0 Å². The van der Waals surface area contributed by atoms with E-state index in [2.05, 4.69) is 10.5 Å². The van der Waals surface area contributed by atoms with Gasteiger partial charge >= 0.3 is 0 Å². The molecule has 1 amide bonds. The lowest BCUT2D eigenvalue weighted by atomic mass is 9.94. The van der Waals surface area contributed by atoms with E-state index in [0.29, 0.717) is 27.6 Å². The monoisotopic (exact) mass is 334 g/mol. The van der Waals surface area contributed by atoms with Crippen molar-refractivity contribution >= 4 is 23.3 Å². The van der Waals surface area contributed by atoms with Gasteiger partial charge in [0.2, 0.25) is 0 Å². The van der Waals surface area contributed by atoms with Gasteiger partial charge in [0.25, 0.3) is 5.91 Å². The van der Waals surface area contributed by atoms with Crippen LogP contribution < -0.4 is 5.32 Å². The zero-order valence-corrected chi connectivity index (χ0v) is 14.3. The first-order valence-corrected chi connectivity index (χ1v) is 7.72. The van der Waals surface area contributed by atoms with Gasteiger partial charge in [-0.25, -0.2) is 0 Å². The first-order valence-electron chi connectivity index (χ1n) is 7.34. The molecule has 23 heavy (non-hydrogen) atoms. The average Bonchev–Trinajstić information content (AvgIpc) is 2.83. The highest BCUT2D eigenvalue weighted by Crippen LogP contribution is 2.17. The molecule has 0 spiro atoms. The number of nitrogens with one attached hydrogen (secondary N) is 1. The van der Waals surface area contributed by atoms with E-state index >= 15 is 0 Å². The summed E-state index contributed by atoms with van der Waals surface area (Å²) in [5, 5.41) is 7.12. The summed E-state index contributed by atoms with van der Waals surface area (Å²) in [6.07, 6.45) is 0. The normalized spacial score (nSPS) is 12.3. The van der Waals surface area contributed by atoms with Crippen LogP contribution in [0.2, 0.25) is 5.02 Å². The van der Waals surface area contributed by atoms with Crippen molar-refractivity contribution in [3.63, 3.8) is 0 Å². The number of rotatable bonds is 5. The number of halogens is 1. The number of aryl methyl sites for hydroxylation is 2. The first-order chi connectivity index (χ1) is 10.8. The van der Waals surface area contributed by atoms with Crippen LogP contribution in [0.4, 0.5) is 0 Å². The van der Waals surface area contributed by atoms with Crippen LogP contribution in [0, 0.1) is 19.8 Å². The molecule has 0 radical (unpaired) electrons. The SMILES string of the molecule is Cc1noc(C)c1C(=O)NC(C(=O)c1ccc(Cl)cc1)C(C)C. The second kappa shape index (κ2) is 6.96. The minimum absolute atomic E-state index is 0.0670. The van der Waals surface area contributed by atoms with E-state index < -0.39 is 6.04 Å². The van der Waals surface area contributed by atoms with Crippen LogP contribution >= 0.6 is 11.6 Å². The Balaban J connectivity index is 2.24. The van der Waals surface area contributed by atoms with Gasteiger partial charge in [-0.3, -0.25) is 9.59 Å². The molecule has 6 heteroatoms. The van der Waals surface area contributed by atoms with E-state index in [9.17, 15) is 9.59 Å². The highest BCUT2D eigenvalue weighted by atomic mass is 35.5. The minimum atomic E-state index is -0.641. The van der Waals surface area contributed by atoms with Crippen molar-refractivity contribution in [3.05, 3.63) is 51.9 Å². The molecule has 1 N–H and O–H groups in total. The third-order valence-electron chi connectivity index (χ3n) is 3.62. The second-order valence-electron chi connectivity index (χ2n) is 5.77. The molecular weight excluding hydrogens is 316 g/mol. The maximum Gasteiger partial charge on any atom is 0.257 e. The van der Waals surface area contributed by atoms with Crippen LogP contribution in [0.5, 0.6) is 0 Å². The molecule has 1 heterocycles. The maximum atomic E-state index is 12.7. The lowest BCUT2D eigenvalue weighted by molar-refractivity contribution is 0.0830. The molecule has 0 saturated heterocycles. The van der Waals surface area contributed by atoms with Crippen LogP contribution in [0.1, 0.15) is 46.0 Å². The number of ketones is 1. The van der Waals surface area contributed by atoms with Gasteiger partial charge in [0.1, 0.15) is 11.3 Å². The Morgan fingerprint density at radius 3 is 2.26 bits per heavy atom. The van der Waals surface area contributed by atoms with Crippen molar-refractivity contribution < 1.29 is 14.1 Å². The minimum Gasteiger partial charge on any atom is -0.361 e. The highest BCUT2D eigenvalue weighted by molar-refractivity contribution is 6.30. The number of hydrogen-bond donors (Lipinski definition) is 1. The fraction of sp³-hybridized carbons (Fsp3) is 0.353. The smallest absolute Gasteiger partial charge is 0.257 e. The first kappa shape index (κ1) is 17.2. The van der Waals surface area contributed by atoms with Crippen molar-refractivity contribution in [2.45, 2.75) is 33.7 Å². The van der Waals surface area contributed by atoms with Gasteiger partial charge in [0.15, 0.2) is 5.78 Å². The Bertz CT molecular complexity index is 700. The zero-order valence-electron chi connectivity index (χ0n) is 13.5. The van der Waals surface area contributed by atoms with E-state index in [0.717, 1.165) is 0 Å². The van der Waals surface area contributed by atoms with Crippen molar-refractivity contribution in [1.29, 1.82) is 0 Å². The van der Waals surface area contributed by atoms with Crippen molar-refractivity contribution in [2.75, 3.05) is 0 Å². The molecule has 0 saturated carbocycles. The lowest BCUT2D eigenvalue weighted by Gasteiger charge is -2.21. The Hall–Kier alpha value is -2.14. The third-order valence-corrected chi connectivity index (χ3v) is 3.88. The molecule has 0 aliphatic carbocycles. The number of benzene rings is 1. The van der Waals surface area contributed by atoms with E-state index in [1.807, 2.05) is 13.8 Å². The number of amides is 1. The van der Waals surface area contributed by atoms with Gasteiger partial charge in [-0.2, -0.15) is 0 Å². The number of aromatic nitrogens is 1. The number of carbonyl (C=O) groups is 2. The Morgan fingerprint density at radius 1 is 1.17 bits per heavy atom. The summed E-state index contributed by atoms with van der Waals surface area (Å²) in [5.74, 6) is -0.150. The van der Waals surface area contributed by atoms with Crippen molar-refractivity contribution in [1.82, 2.24) is 10.5 Å². The summed E-state index contributed by atoms with van der Waals surface area (Å²) in [6.45, 7) is 7.12. The lowest BCUT2D eigenvalue weighted by Crippen LogP contribution is -2.44. The van der Waals surface area contributed by atoms with Gasteiger partial charge in [-0.05, 0) is 44.0 Å². The Morgan fingerprint density at radius 2 is 1.78 bits per heavy atom. The molecule has 0 bridgehead atoms. The number of carbonyl (C=O) groups excluding carboxylic acids is 2. The van der Waals surface area contributed by atoms with E-state index in [4.69, 9.17) is 16.1 Å². The molecule has 1 aromatic heterocycles. The van der Waals surface area contributed by atoms with E-state index in [1.54, 1.807) is 38.1 Å². The van der Waals surface area contributed by atoms with Crippen LogP contribution in [0.15, 0.2) is 28.8 Å². The predicted octanol–water partition coefficient (Wildman–Crippen LogP) is 3.58. The largest absolute Gasteiger partial charge is 0.361 e. The van der Waals surface area contributed by atoms with Crippen LogP contribution in [-0.2, 0) is 0 Å². The summed E-state index contributed by atoms with van der Waals surface area (Å²) in [6, 6.07) is 5.98. The molecule has 1 aromatic carbocycles. The summed E-state index contributed by atoms with van der Waals surface area (Å²) >= 11 is 5.85. The summed E-state index contributed by atoms with van der Waals surface area (Å²) < 4.78 is 5.01. The molecule has 5 nitrogen and oxygen atoms in total. The Labute approximate surface area is 140 Å². The molecule has 1 atom stereocenters. The van der Waals surface area contributed by atoms with E-state index in [-0.39, 0.29) is 17.6 Å². The van der Waals surface area contributed by atoms with Crippen LogP contribution in [0.3, 0.4) is 0 Å². The fourth-order valence-corrected chi connectivity index (χ4v) is 2.48. The summed E-state index contributed by atoms with van der Waals surface area (Å²) in [4.78, 5) is 25.1. The number of hydrogen-bond acceptors (Lipinski definition) is 4. The van der Waals surface area contributed by atoms with Gasteiger partial charge in [-0.1, -0.05) is 30.6 Å². The molecule has 1 unspecified atom stereocenters. The zero-order chi connectivity index (χ0) is 17.1. The van der Waals surface area contributed by atoms with Crippen LogP contribution in [0.25, 0.3) is 0 Å². The average molecular weight is 335 g/mol. The fourth-order valence-electron chi connectivity index (χ4n) is 2.35. The molecule has 0 aliphatic heterocycles. The standard InChI is InChI=1S/C17H19ClN2O3/c1-9(2)15(16(21)12-5-7-13(18)8-6-12)19-17(22)14-10(3)20-23-11(14)4/h5-9,15H,1-4H3,(H,19,22). The molecular formula is C17H19ClN2O3. The van der Waals surface area contributed by atoms with E-state index in [1.165, 1.54) is 0 Å². The molecule has 0 aliphatic rings. The highest BCUT2D eigenvalue weighted by Gasteiger charge is 2.28. The van der Waals surface area contributed by atoms with Gasteiger partial charge in [0, 0.05) is 10.6 Å².